The number of nitrogens with two attached hydrogens (primary N) is 1. The molecule has 0 amide bonds. The summed E-state index contributed by atoms with van der Waals surface area (Å²) in [7, 11) is 0. The van der Waals surface area contributed by atoms with E-state index in [9.17, 15) is 26.7 Å². The zero-order valence-corrected chi connectivity index (χ0v) is 20.1. The molecule has 3 heterocycles. The highest BCUT2D eigenvalue weighted by Crippen LogP contribution is 2.42. The molecule has 1 fully saturated rings. The number of benzene rings is 2. The summed E-state index contributed by atoms with van der Waals surface area (Å²) in [6.07, 6.45) is 0.616. The summed E-state index contributed by atoms with van der Waals surface area (Å²) in [6.45, 7) is 0. The molecule has 0 spiro atoms. The molecule has 0 radical (unpaired) electrons. The van der Waals surface area contributed by atoms with Crippen LogP contribution in [0.2, 0.25) is 0 Å². The molecule has 3 aromatic heterocycles. The Kier molecular flexibility index (Phi) is 5.50. The van der Waals surface area contributed by atoms with Crippen molar-refractivity contribution in [2.75, 3.05) is 11.1 Å². The SMILES string of the molecule is Nc1nc(Nc2ccc(S(=O)[O-])cc2F)nc2c1n(-c1cccc3[nH]ncc13)c(=O)n2C1CCC(F)(F)C1. The average molecular weight is 544 g/mol. The van der Waals surface area contributed by atoms with E-state index in [-0.39, 0.29) is 39.9 Å². The van der Waals surface area contributed by atoms with Gasteiger partial charge in [-0.1, -0.05) is 6.07 Å². The maximum absolute atomic E-state index is 14.6. The summed E-state index contributed by atoms with van der Waals surface area (Å²) in [5.74, 6) is -4.21. The number of anilines is 3. The van der Waals surface area contributed by atoms with Crippen molar-refractivity contribution in [3.63, 3.8) is 0 Å². The highest BCUT2D eigenvalue weighted by Gasteiger charge is 2.42. The molecule has 2 unspecified atom stereocenters. The van der Waals surface area contributed by atoms with Crippen LogP contribution in [-0.2, 0) is 11.1 Å². The second kappa shape index (κ2) is 8.66. The van der Waals surface area contributed by atoms with Crippen LogP contribution in [0.25, 0.3) is 27.8 Å². The number of nitrogens with zero attached hydrogens (tertiary/aromatic N) is 5. The molecule has 0 bridgehead atoms. The molecular weight excluding hydrogens is 525 g/mol. The molecule has 1 saturated carbocycles. The van der Waals surface area contributed by atoms with E-state index in [1.165, 1.54) is 27.5 Å². The largest absolute Gasteiger partial charge is 0.768 e. The molecule has 2 atom stereocenters. The molecule has 196 valence electrons. The van der Waals surface area contributed by atoms with E-state index in [1.54, 1.807) is 18.2 Å². The third-order valence-electron chi connectivity index (χ3n) is 6.57. The number of nitrogens with one attached hydrogen (secondary N) is 2. The first-order chi connectivity index (χ1) is 18.1. The second-order valence-electron chi connectivity index (χ2n) is 8.95. The van der Waals surface area contributed by atoms with Gasteiger partial charge in [0.2, 0.25) is 11.9 Å². The van der Waals surface area contributed by atoms with Crippen molar-refractivity contribution in [2.24, 2.45) is 0 Å². The van der Waals surface area contributed by atoms with Crippen molar-refractivity contribution in [2.45, 2.75) is 36.1 Å². The molecule has 0 saturated heterocycles. The minimum Gasteiger partial charge on any atom is -0.768 e. The molecule has 4 N–H and O–H groups in total. The Balaban J connectivity index is 1.56. The van der Waals surface area contributed by atoms with Gasteiger partial charge in [0, 0.05) is 29.2 Å². The van der Waals surface area contributed by atoms with Gasteiger partial charge in [-0.3, -0.25) is 18.4 Å². The van der Waals surface area contributed by atoms with E-state index in [4.69, 9.17) is 5.73 Å². The van der Waals surface area contributed by atoms with Gasteiger partial charge >= 0.3 is 5.69 Å². The predicted octanol–water partition coefficient (Wildman–Crippen LogP) is 3.52. The summed E-state index contributed by atoms with van der Waals surface area (Å²) in [4.78, 5) is 22.1. The highest BCUT2D eigenvalue weighted by atomic mass is 32.2. The first-order valence-electron chi connectivity index (χ1n) is 11.4. The standard InChI is InChI=1S/C23H19F3N8O3S/c24-14-8-12(38(36)37)4-5-16(14)29-21-30-19(27)18-20(31-21)33(11-6-7-23(25,26)9-11)22(35)34(18)17-3-1-2-15-13(17)10-28-32-15/h1-5,8,10-11H,6-7,9H2,(H,28,32)(H,36,37)(H3,27,29,30,31)/p-1. The quantitative estimate of drug-likeness (QED) is 0.284. The van der Waals surface area contributed by atoms with Crippen molar-refractivity contribution < 1.29 is 21.9 Å². The Bertz CT molecular complexity index is 1820. The lowest BCUT2D eigenvalue weighted by Gasteiger charge is -2.13. The van der Waals surface area contributed by atoms with E-state index in [2.05, 4.69) is 25.5 Å². The zero-order valence-electron chi connectivity index (χ0n) is 19.3. The van der Waals surface area contributed by atoms with Crippen LogP contribution in [0.1, 0.15) is 25.3 Å². The van der Waals surface area contributed by atoms with Gasteiger partial charge in [-0.15, -0.1) is 0 Å². The molecule has 0 aliphatic heterocycles. The molecule has 1 aliphatic carbocycles. The normalized spacial score (nSPS) is 17.8. The Labute approximate surface area is 213 Å². The first kappa shape index (κ1) is 24.1. The number of hydrogen-bond acceptors (Lipinski definition) is 8. The smallest absolute Gasteiger partial charge is 0.335 e. The van der Waals surface area contributed by atoms with Crippen LogP contribution in [0.5, 0.6) is 0 Å². The summed E-state index contributed by atoms with van der Waals surface area (Å²) in [5, 5.41) is 10.1. The minimum absolute atomic E-state index is 0.00844. The lowest BCUT2D eigenvalue weighted by molar-refractivity contribution is 0.00565. The van der Waals surface area contributed by atoms with Gasteiger partial charge < -0.3 is 15.6 Å². The van der Waals surface area contributed by atoms with Gasteiger partial charge in [0.15, 0.2) is 11.5 Å². The Morgan fingerprint density at radius 2 is 2.05 bits per heavy atom. The van der Waals surface area contributed by atoms with E-state index in [0.717, 1.165) is 6.07 Å². The van der Waals surface area contributed by atoms with Crippen LogP contribution in [0.15, 0.2) is 52.3 Å². The van der Waals surface area contributed by atoms with Crippen LogP contribution < -0.4 is 16.7 Å². The van der Waals surface area contributed by atoms with E-state index in [1.807, 2.05) is 0 Å². The molecule has 11 nitrogen and oxygen atoms in total. The first-order valence-corrected chi connectivity index (χ1v) is 12.5. The van der Waals surface area contributed by atoms with Crippen molar-refractivity contribution in [3.8, 4) is 5.69 Å². The monoisotopic (exact) mass is 543 g/mol. The predicted molar refractivity (Wildman–Crippen MR) is 132 cm³/mol. The van der Waals surface area contributed by atoms with Gasteiger partial charge in [0.1, 0.15) is 11.3 Å². The van der Waals surface area contributed by atoms with E-state index in [0.29, 0.717) is 16.6 Å². The molecule has 15 heteroatoms. The Morgan fingerprint density at radius 1 is 1.24 bits per heavy atom. The second-order valence-corrected chi connectivity index (χ2v) is 9.90. The molecule has 6 rings (SSSR count). The summed E-state index contributed by atoms with van der Waals surface area (Å²) >= 11 is -2.63. The number of halogens is 3. The summed E-state index contributed by atoms with van der Waals surface area (Å²) in [6, 6.07) is 7.42. The number of alkyl halides is 2. The van der Waals surface area contributed by atoms with Gasteiger partial charge in [-0.05, 0) is 47.8 Å². The van der Waals surface area contributed by atoms with Gasteiger partial charge in [-0.2, -0.15) is 15.1 Å². The molecule has 5 aromatic rings. The fourth-order valence-corrected chi connectivity index (χ4v) is 5.24. The van der Waals surface area contributed by atoms with Crippen LogP contribution in [0.3, 0.4) is 0 Å². The fraction of sp³-hybridized carbons (Fsp3) is 0.217. The maximum Gasteiger partial charge on any atom is 0.335 e. The third-order valence-corrected chi connectivity index (χ3v) is 7.21. The summed E-state index contributed by atoms with van der Waals surface area (Å²) < 4.78 is 67.6. The number of aromatic nitrogens is 6. The third kappa shape index (κ3) is 3.90. The topological polar surface area (TPSA) is 160 Å². The zero-order chi connectivity index (χ0) is 26.8. The lowest BCUT2D eigenvalue weighted by Crippen LogP contribution is -2.27. The minimum atomic E-state index is -2.95. The number of nitrogen functional groups attached to an aromatic ring is 1. The number of aromatic amines is 1. The van der Waals surface area contributed by atoms with Crippen molar-refractivity contribution >= 4 is 50.6 Å². The molecule has 38 heavy (non-hydrogen) atoms. The van der Waals surface area contributed by atoms with Crippen LogP contribution in [0, 0.1) is 5.82 Å². The number of hydrogen-bond donors (Lipinski definition) is 3. The van der Waals surface area contributed by atoms with Crippen molar-refractivity contribution in [1.29, 1.82) is 0 Å². The summed E-state index contributed by atoms with van der Waals surface area (Å²) in [5.41, 5.74) is 6.64. The van der Waals surface area contributed by atoms with Crippen LogP contribution >= 0.6 is 0 Å². The Morgan fingerprint density at radius 3 is 2.76 bits per heavy atom. The lowest BCUT2D eigenvalue weighted by atomic mass is 10.2. The molecule has 1 aliphatic rings. The van der Waals surface area contributed by atoms with Crippen LogP contribution in [-0.4, -0.2) is 44.0 Å². The highest BCUT2D eigenvalue weighted by molar-refractivity contribution is 7.79. The van der Waals surface area contributed by atoms with Gasteiger partial charge in [0.25, 0.3) is 0 Å². The number of rotatable bonds is 5. The molecule has 2 aromatic carbocycles. The van der Waals surface area contributed by atoms with Gasteiger partial charge in [-0.25, -0.2) is 18.0 Å². The van der Waals surface area contributed by atoms with E-state index >= 15 is 0 Å². The maximum atomic E-state index is 14.6. The van der Waals surface area contributed by atoms with Crippen LogP contribution in [0.4, 0.5) is 30.6 Å². The number of fused-ring (bicyclic) bond motifs is 2. The Hall–Kier alpha value is -4.24. The fourth-order valence-electron chi connectivity index (χ4n) is 4.86. The number of imidazole rings is 1. The number of H-pyrrole nitrogens is 1. The van der Waals surface area contributed by atoms with Gasteiger partial charge in [0.05, 0.1) is 23.1 Å². The van der Waals surface area contributed by atoms with E-state index < -0.39 is 47.4 Å². The molecular formula is C23H18F3N8O3S-. The average Bonchev–Trinajstić information content (AvgIpc) is 3.55. The van der Waals surface area contributed by atoms with Crippen molar-refractivity contribution in [3.05, 3.63) is 58.9 Å². The van der Waals surface area contributed by atoms with Crippen molar-refractivity contribution in [1.82, 2.24) is 29.3 Å².